The second-order valence-corrected chi connectivity index (χ2v) is 15.8. The van der Waals surface area contributed by atoms with Crippen LogP contribution in [0.25, 0.3) is 0 Å². The summed E-state index contributed by atoms with van der Waals surface area (Å²) in [5.74, 6) is -71.4. The lowest BCUT2D eigenvalue weighted by Crippen LogP contribution is -2.81. The van der Waals surface area contributed by atoms with E-state index in [0.717, 1.165) is 4.90 Å². The molecule has 0 saturated heterocycles. The Hall–Kier alpha value is -6.10. The molecule has 0 bridgehead atoms. The Labute approximate surface area is 359 Å². The van der Waals surface area contributed by atoms with Crippen molar-refractivity contribution >= 4 is 51.5 Å². The Kier molecular flexibility index (Phi) is 13.7. The number of halogens is 20. The van der Waals surface area contributed by atoms with Crippen molar-refractivity contribution in [1.29, 1.82) is 0 Å². The molecule has 0 aliphatic rings. The van der Waals surface area contributed by atoms with Crippen LogP contribution in [0, 0.1) is 116 Å². The minimum atomic E-state index is -7.22. The third-order valence-corrected chi connectivity index (χ3v) is 12.3. The van der Waals surface area contributed by atoms with Gasteiger partial charge in [0.2, 0.25) is 0 Å². The zero-order valence-corrected chi connectivity index (χ0v) is 32.8. The lowest BCUT2D eigenvalue weighted by molar-refractivity contribution is 0.378. The van der Waals surface area contributed by atoms with Gasteiger partial charge in [0, 0.05) is 4.90 Å². The molecule has 0 saturated carbocycles. The average Bonchev–Trinajstić information content (AvgIpc) is 3.30. The highest BCUT2D eigenvalue weighted by Gasteiger charge is 2.52. The first kappa shape index (κ1) is 48.4. The topological polar surface area (TPSA) is 0 Å². The second-order valence-electron chi connectivity index (χ2n) is 13.2. The third-order valence-electron chi connectivity index (χ3n) is 9.74. The van der Waals surface area contributed by atoms with E-state index in [1.54, 1.807) is 0 Å². The summed E-state index contributed by atoms with van der Waals surface area (Å²) in [6.45, 7) is 0. The largest absolute Gasteiger partial charge is 0.207 e. The van der Waals surface area contributed by atoms with Gasteiger partial charge in [0.25, 0.3) is 0 Å². The van der Waals surface area contributed by atoms with Crippen molar-refractivity contribution in [2.75, 3.05) is 0 Å². The van der Waals surface area contributed by atoms with E-state index in [4.69, 9.17) is 0 Å². The van der Waals surface area contributed by atoms with Crippen molar-refractivity contribution < 1.29 is 87.8 Å². The Morgan fingerprint density at radius 2 is 0.431 bits per heavy atom. The highest BCUT2D eigenvalue weighted by atomic mass is 32.2. The van der Waals surface area contributed by atoms with Gasteiger partial charge >= 0.3 is 0 Å². The van der Waals surface area contributed by atoms with Crippen molar-refractivity contribution in [1.82, 2.24) is 0 Å². The van der Waals surface area contributed by atoms with Gasteiger partial charge in [0.05, 0.1) is 10.9 Å². The number of thiol groups is 1. The fourth-order valence-electron chi connectivity index (χ4n) is 6.98. The fraction of sp³-hybridized carbons (Fsp3) is 0. The molecule has 0 unspecified atom stereocenters. The molecule has 7 aromatic carbocycles. The van der Waals surface area contributed by atoms with Crippen LogP contribution < -0.4 is 21.9 Å². The predicted molar refractivity (Wildman–Crippen MR) is 198 cm³/mol. The summed E-state index contributed by atoms with van der Waals surface area (Å²) in [5, 5.41) is 0. The van der Waals surface area contributed by atoms with Crippen molar-refractivity contribution in [3.05, 3.63) is 201 Å². The van der Waals surface area contributed by atoms with E-state index < -0.39 is 144 Å². The summed E-state index contributed by atoms with van der Waals surface area (Å²) < 4.78 is 294. The van der Waals surface area contributed by atoms with Gasteiger partial charge < -0.3 is 0 Å². The quantitative estimate of drug-likeness (QED) is 0.0404. The van der Waals surface area contributed by atoms with Crippen molar-refractivity contribution in [3.8, 4) is 0 Å². The second kappa shape index (κ2) is 18.4. The summed E-state index contributed by atoms with van der Waals surface area (Å²) in [6, 6.07) is 29.8. The van der Waals surface area contributed by atoms with Gasteiger partial charge in [-0.25, -0.2) is 87.8 Å². The first-order valence-electron chi connectivity index (χ1n) is 17.4. The Bertz CT molecular complexity index is 2570. The standard InChI is InChI=1S/C24BF20.C18H14S2/c26-5-1(6(27)14(35)21(42)13(5)34)25(2-7(28)15(36)22(43)16(37)8(2)29,3-9(30)17(38)23(44)18(39)10(3)31)4-11(32)19(40)24(45)20(41)12(4)33;19-15-11-13-18(14-12-15)20(16-7-3-1-4-8-16)17-9-5-2-6-10-17/h;1-14H/q-1;/p+1. The first-order chi connectivity index (χ1) is 30.5. The van der Waals surface area contributed by atoms with E-state index in [-0.39, 0.29) is 10.9 Å². The summed E-state index contributed by atoms with van der Waals surface area (Å²) in [6.07, 6.45) is -7.22. The van der Waals surface area contributed by atoms with E-state index in [0.29, 0.717) is 0 Å². The highest BCUT2D eigenvalue weighted by Crippen LogP contribution is 2.33. The highest BCUT2D eigenvalue weighted by molar-refractivity contribution is 7.97. The molecule has 0 heterocycles. The molecule has 0 fully saturated rings. The molecule has 0 aromatic heterocycles. The van der Waals surface area contributed by atoms with Crippen LogP contribution in [0.3, 0.4) is 0 Å². The van der Waals surface area contributed by atoms with Crippen LogP contribution in [0.15, 0.2) is 105 Å². The number of hydrogen-bond acceptors (Lipinski definition) is 1. The van der Waals surface area contributed by atoms with Crippen molar-refractivity contribution in [2.24, 2.45) is 0 Å². The maximum Gasteiger partial charge on any atom is 0.200 e. The summed E-state index contributed by atoms with van der Waals surface area (Å²) in [4.78, 5) is 5.00. The zero-order chi connectivity index (χ0) is 48.1. The number of hydrogen-bond donors (Lipinski definition) is 1. The lowest BCUT2D eigenvalue weighted by atomic mass is 9.12. The monoisotopic (exact) mass is 974 g/mol. The van der Waals surface area contributed by atoms with Crippen LogP contribution in [0.5, 0.6) is 0 Å². The molecule has 0 aliphatic carbocycles. The van der Waals surface area contributed by atoms with Gasteiger partial charge in [-0.15, -0.1) is 34.5 Å². The molecule has 0 radical (unpaired) electrons. The van der Waals surface area contributed by atoms with E-state index in [1.807, 2.05) is 0 Å². The van der Waals surface area contributed by atoms with Gasteiger partial charge in [-0.05, 0) is 48.5 Å². The Morgan fingerprint density at radius 1 is 0.246 bits per heavy atom. The molecule has 65 heavy (non-hydrogen) atoms. The van der Waals surface area contributed by atoms with Crippen LogP contribution in [-0.4, -0.2) is 6.15 Å². The van der Waals surface area contributed by atoms with Crippen molar-refractivity contribution in [2.45, 2.75) is 19.6 Å². The number of rotatable bonds is 7. The van der Waals surface area contributed by atoms with Crippen LogP contribution in [0.1, 0.15) is 0 Å². The normalized spacial score (nSPS) is 11.6. The van der Waals surface area contributed by atoms with E-state index in [2.05, 4.69) is 97.6 Å². The molecule has 0 spiro atoms. The van der Waals surface area contributed by atoms with Gasteiger partial charge in [0.1, 0.15) is 52.7 Å². The maximum atomic E-state index is 15.4. The Balaban J connectivity index is 0.000000289. The molecule has 23 heteroatoms. The molecular weight excluding hydrogens is 959 g/mol. The third kappa shape index (κ3) is 7.84. The average molecular weight is 974 g/mol. The van der Waals surface area contributed by atoms with E-state index >= 15 is 35.1 Å². The van der Waals surface area contributed by atoms with Gasteiger partial charge in [-0.2, -0.15) is 0 Å². The van der Waals surface area contributed by atoms with Crippen LogP contribution in [-0.2, 0) is 10.9 Å². The van der Waals surface area contributed by atoms with Crippen LogP contribution in [0.2, 0.25) is 0 Å². The molecule has 0 N–H and O–H groups in total. The minimum absolute atomic E-state index is 0.0569. The molecule has 0 nitrogen and oxygen atoms in total. The summed E-state index contributed by atoms with van der Waals surface area (Å²) in [5.41, 5.74) is -14.3. The molecule has 7 aromatic rings. The van der Waals surface area contributed by atoms with Crippen LogP contribution in [0.4, 0.5) is 87.8 Å². The molecular formula is C42H15BF20S2. The smallest absolute Gasteiger partial charge is 0.200 e. The lowest BCUT2D eigenvalue weighted by Gasteiger charge is -2.44. The van der Waals surface area contributed by atoms with Gasteiger partial charge in [0.15, 0.2) is 84.5 Å². The SMILES string of the molecule is Fc1c(F)c(F)c([B-](c2c(F)c(F)c(F)c(F)c2F)(c2c(F)c(F)c(F)c(F)c2F)c2c(F)c(F)c(F)c(F)c2F)c(F)c1F.Sc1ccc([S+](c2ccccc2)c2ccccc2)cc1. The maximum absolute atomic E-state index is 15.4. The summed E-state index contributed by atoms with van der Waals surface area (Å²) in [7, 11) is -0.0569. The first-order valence-corrected chi connectivity index (χ1v) is 19.1. The van der Waals surface area contributed by atoms with Crippen molar-refractivity contribution in [3.63, 3.8) is 0 Å². The number of benzene rings is 7. The molecule has 338 valence electrons. The summed E-state index contributed by atoms with van der Waals surface area (Å²) >= 11 is 4.38. The van der Waals surface area contributed by atoms with E-state index in [9.17, 15) is 52.7 Å². The minimum Gasteiger partial charge on any atom is -0.207 e. The molecule has 0 aliphatic heterocycles. The molecule has 0 amide bonds. The Morgan fingerprint density at radius 3 is 0.646 bits per heavy atom. The predicted octanol–water partition coefficient (Wildman–Crippen LogP) is 10.9. The zero-order valence-electron chi connectivity index (χ0n) is 31.1. The molecule has 0 atom stereocenters. The fourth-order valence-corrected chi connectivity index (χ4v) is 9.21. The van der Waals surface area contributed by atoms with Gasteiger partial charge in [-0.1, -0.05) is 36.4 Å². The van der Waals surface area contributed by atoms with Gasteiger partial charge in [-0.3, -0.25) is 0 Å². The van der Waals surface area contributed by atoms with Crippen LogP contribution >= 0.6 is 12.6 Å². The molecule has 7 rings (SSSR count). The van der Waals surface area contributed by atoms with E-state index in [1.165, 1.54) is 14.7 Å².